The molecule has 0 bridgehead atoms. The van der Waals surface area contributed by atoms with E-state index in [1.54, 1.807) is 0 Å². The van der Waals surface area contributed by atoms with E-state index >= 15 is 0 Å². The number of aliphatic imine (C=N–C) groups is 1. The molecule has 4 nitrogen and oxygen atoms in total. The van der Waals surface area contributed by atoms with Crippen molar-refractivity contribution in [2.45, 2.75) is 39.2 Å². The third kappa shape index (κ3) is 3.50. The van der Waals surface area contributed by atoms with Gasteiger partial charge in [0, 0.05) is 43.5 Å². The van der Waals surface area contributed by atoms with Gasteiger partial charge >= 0.3 is 0 Å². The first-order chi connectivity index (χ1) is 10.5. The van der Waals surface area contributed by atoms with Crippen molar-refractivity contribution in [3.8, 4) is 0 Å². The Kier molecular flexibility index (Phi) is 4.53. The molecule has 0 radical (unpaired) electrons. The molecule has 0 aromatic carbocycles. The summed E-state index contributed by atoms with van der Waals surface area (Å²) in [5.74, 6) is 2.00. The predicted octanol–water partition coefficient (Wildman–Crippen LogP) is 3.38. The van der Waals surface area contributed by atoms with Crippen molar-refractivity contribution in [1.82, 2.24) is 14.8 Å². The molecule has 1 aromatic heterocycles. The Morgan fingerprint density at radius 1 is 1.50 bits per heavy atom. The first-order valence-electron chi connectivity index (χ1n) is 8.34. The molecular weight excluding hydrogens is 340 g/mol. The largest absolute Gasteiger partial charge is 0.357 e. The molecule has 0 spiro atoms. The van der Waals surface area contributed by atoms with Crippen LogP contribution in [-0.2, 0) is 13.6 Å². The number of aromatic nitrogens is 1. The minimum absolute atomic E-state index is 0.565. The molecule has 2 fully saturated rings. The summed E-state index contributed by atoms with van der Waals surface area (Å²) in [6.45, 7) is 4.91. The van der Waals surface area contributed by atoms with E-state index in [2.05, 4.69) is 64.0 Å². The minimum atomic E-state index is 0.565. The maximum absolute atomic E-state index is 4.95. The van der Waals surface area contributed by atoms with Gasteiger partial charge in [-0.05, 0) is 65.9 Å². The summed E-state index contributed by atoms with van der Waals surface area (Å²) in [4.78, 5) is 7.18. The van der Waals surface area contributed by atoms with E-state index in [0.29, 0.717) is 5.41 Å². The Hall–Kier alpha value is -0.970. The maximum Gasteiger partial charge on any atom is 0.194 e. The number of rotatable bonds is 6. The molecule has 122 valence electrons. The molecule has 5 heteroatoms. The Labute approximate surface area is 142 Å². The number of hydrogen-bond donors (Lipinski definition) is 1. The Morgan fingerprint density at radius 3 is 2.73 bits per heavy atom. The standard InChI is InChI=1S/C17H27BrN4/c1-4-19-16(20-12-17(7-8-17)13-5-6-13)22(3)11-15-9-14(18)10-21(15)2/h9-10,13H,4-8,11-12H2,1-3H3,(H,19,20). The van der Waals surface area contributed by atoms with Crippen LogP contribution >= 0.6 is 15.9 Å². The second kappa shape index (κ2) is 6.26. The predicted molar refractivity (Wildman–Crippen MR) is 94.9 cm³/mol. The fourth-order valence-electron chi connectivity index (χ4n) is 3.29. The summed E-state index contributed by atoms with van der Waals surface area (Å²) in [5, 5.41) is 3.44. The van der Waals surface area contributed by atoms with Gasteiger partial charge in [0.05, 0.1) is 6.54 Å². The first-order valence-corrected chi connectivity index (χ1v) is 9.13. The van der Waals surface area contributed by atoms with E-state index in [1.165, 1.54) is 31.4 Å². The molecule has 2 aliphatic rings. The van der Waals surface area contributed by atoms with E-state index < -0.39 is 0 Å². The van der Waals surface area contributed by atoms with Gasteiger partial charge < -0.3 is 14.8 Å². The number of hydrogen-bond acceptors (Lipinski definition) is 1. The summed E-state index contributed by atoms with van der Waals surface area (Å²) >= 11 is 3.54. The summed E-state index contributed by atoms with van der Waals surface area (Å²) < 4.78 is 3.29. The lowest BCUT2D eigenvalue weighted by molar-refractivity contribution is 0.432. The SMILES string of the molecule is CCNC(=NCC1(C2CC2)CC1)N(C)Cc1cc(Br)cn1C. The van der Waals surface area contributed by atoms with E-state index in [9.17, 15) is 0 Å². The molecule has 2 saturated carbocycles. The molecule has 3 rings (SSSR count). The van der Waals surface area contributed by atoms with Gasteiger partial charge in [-0.3, -0.25) is 4.99 Å². The van der Waals surface area contributed by atoms with Crippen LogP contribution in [0.3, 0.4) is 0 Å². The highest BCUT2D eigenvalue weighted by Crippen LogP contribution is 2.61. The van der Waals surface area contributed by atoms with Crippen LogP contribution in [0.5, 0.6) is 0 Å². The van der Waals surface area contributed by atoms with Crippen LogP contribution in [0, 0.1) is 11.3 Å². The highest BCUT2D eigenvalue weighted by atomic mass is 79.9. The smallest absolute Gasteiger partial charge is 0.194 e. The molecule has 0 saturated heterocycles. The quantitative estimate of drug-likeness (QED) is 0.618. The van der Waals surface area contributed by atoms with Crippen molar-refractivity contribution in [3.05, 3.63) is 22.4 Å². The van der Waals surface area contributed by atoms with Gasteiger partial charge in [0.25, 0.3) is 0 Å². The van der Waals surface area contributed by atoms with E-state index in [0.717, 1.165) is 36.0 Å². The summed E-state index contributed by atoms with van der Waals surface area (Å²) in [5.41, 5.74) is 1.85. The molecule has 0 aliphatic heterocycles. The lowest BCUT2D eigenvalue weighted by Crippen LogP contribution is -2.39. The van der Waals surface area contributed by atoms with E-state index in [-0.39, 0.29) is 0 Å². The topological polar surface area (TPSA) is 32.6 Å². The Morgan fingerprint density at radius 2 is 2.23 bits per heavy atom. The van der Waals surface area contributed by atoms with Gasteiger partial charge in [-0.2, -0.15) is 0 Å². The average Bonchev–Trinajstić information content (AvgIpc) is 3.35. The third-order valence-electron chi connectivity index (χ3n) is 5.05. The number of nitrogens with one attached hydrogen (secondary N) is 1. The number of guanidine groups is 1. The lowest BCUT2D eigenvalue weighted by Gasteiger charge is -2.23. The number of halogens is 1. The first kappa shape index (κ1) is 15.9. The fraction of sp³-hybridized carbons (Fsp3) is 0.706. The van der Waals surface area contributed by atoms with Crippen LogP contribution in [0.25, 0.3) is 0 Å². The van der Waals surface area contributed by atoms with Gasteiger partial charge in [0.15, 0.2) is 5.96 Å². The van der Waals surface area contributed by atoms with Gasteiger partial charge in [0.1, 0.15) is 0 Å². The summed E-state index contributed by atoms with van der Waals surface area (Å²) in [6, 6.07) is 2.17. The van der Waals surface area contributed by atoms with Crippen molar-refractivity contribution < 1.29 is 0 Å². The van der Waals surface area contributed by atoms with Crippen molar-refractivity contribution in [3.63, 3.8) is 0 Å². The minimum Gasteiger partial charge on any atom is -0.357 e. The van der Waals surface area contributed by atoms with Crippen LogP contribution in [0.1, 0.15) is 38.3 Å². The van der Waals surface area contributed by atoms with Gasteiger partial charge in [-0.25, -0.2) is 0 Å². The highest BCUT2D eigenvalue weighted by molar-refractivity contribution is 9.10. The summed E-state index contributed by atoms with van der Waals surface area (Å²) in [6.07, 6.45) is 7.72. The molecule has 22 heavy (non-hydrogen) atoms. The zero-order valence-electron chi connectivity index (χ0n) is 13.9. The van der Waals surface area contributed by atoms with Crippen molar-refractivity contribution in [1.29, 1.82) is 0 Å². The second-order valence-corrected chi connectivity index (χ2v) is 7.84. The molecule has 2 aliphatic carbocycles. The Balaban J connectivity index is 1.65. The Bertz CT molecular complexity index is 555. The highest BCUT2D eigenvalue weighted by Gasteiger charge is 2.53. The zero-order valence-corrected chi connectivity index (χ0v) is 15.5. The number of aryl methyl sites for hydroxylation is 1. The molecule has 1 heterocycles. The van der Waals surface area contributed by atoms with Crippen molar-refractivity contribution >= 4 is 21.9 Å². The zero-order chi connectivity index (χ0) is 15.7. The summed E-state index contributed by atoms with van der Waals surface area (Å²) in [7, 11) is 4.21. The second-order valence-electron chi connectivity index (χ2n) is 6.92. The molecule has 1 N–H and O–H groups in total. The van der Waals surface area contributed by atoms with Gasteiger partial charge in [-0.1, -0.05) is 0 Å². The molecule has 1 aromatic rings. The fourth-order valence-corrected chi connectivity index (χ4v) is 3.87. The lowest BCUT2D eigenvalue weighted by atomic mass is 10.0. The average molecular weight is 367 g/mol. The maximum atomic E-state index is 4.95. The number of nitrogens with zero attached hydrogens (tertiary/aromatic N) is 3. The van der Waals surface area contributed by atoms with Crippen molar-refractivity contribution in [2.24, 2.45) is 23.4 Å². The van der Waals surface area contributed by atoms with E-state index in [1.807, 2.05) is 0 Å². The van der Waals surface area contributed by atoms with Crippen LogP contribution in [0.15, 0.2) is 21.7 Å². The molecule has 0 unspecified atom stereocenters. The van der Waals surface area contributed by atoms with Crippen LogP contribution < -0.4 is 5.32 Å². The van der Waals surface area contributed by atoms with Gasteiger partial charge in [0.2, 0.25) is 0 Å². The van der Waals surface area contributed by atoms with E-state index in [4.69, 9.17) is 4.99 Å². The van der Waals surface area contributed by atoms with Crippen LogP contribution in [-0.4, -0.2) is 35.6 Å². The monoisotopic (exact) mass is 366 g/mol. The van der Waals surface area contributed by atoms with Crippen molar-refractivity contribution in [2.75, 3.05) is 20.1 Å². The molecule has 0 amide bonds. The van der Waals surface area contributed by atoms with Crippen LogP contribution in [0.2, 0.25) is 0 Å². The van der Waals surface area contributed by atoms with Crippen LogP contribution in [0.4, 0.5) is 0 Å². The molecular formula is C17H27BrN4. The third-order valence-corrected chi connectivity index (χ3v) is 5.48. The normalized spacial score (nSPS) is 20.1. The van der Waals surface area contributed by atoms with Gasteiger partial charge in [-0.15, -0.1) is 0 Å². The molecule has 0 atom stereocenters.